The lowest BCUT2D eigenvalue weighted by molar-refractivity contribution is 0.441. The first-order valence-electron chi connectivity index (χ1n) is 6.73. The molecule has 100 valence electrons. The minimum atomic E-state index is -0.00509. The third kappa shape index (κ3) is 2.13. The zero-order valence-corrected chi connectivity index (χ0v) is 12.8. The number of aromatic amines is 1. The Hall–Kier alpha value is -1.13. The molecule has 2 atom stereocenters. The molecule has 0 aliphatic heterocycles. The Bertz CT molecular complexity index is 618. The van der Waals surface area contributed by atoms with Crippen LogP contribution in [0.2, 0.25) is 0 Å². The summed E-state index contributed by atoms with van der Waals surface area (Å²) in [4.78, 5) is 8.16. The van der Waals surface area contributed by atoms with Gasteiger partial charge in [0, 0.05) is 22.2 Å². The lowest BCUT2D eigenvalue weighted by Gasteiger charge is -2.15. The van der Waals surface area contributed by atoms with Crippen LogP contribution < -0.4 is 5.73 Å². The third-order valence-electron chi connectivity index (χ3n) is 4.06. The van der Waals surface area contributed by atoms with Crippen LogP contribution in [0.1, 0.15) is 43.4 Å². The molecule has 3 rings (SSSR count). The predicted molar refractivity (Wildman–Crippen MR) is 80.9 cm³/mol. The summed E-state index contributed by atoms with van der Waals surface area (Å²) < 4.78 is 1.12. The number of rotatable bonds is 3. The van der Waals surface area contributed by atoms with Gasteiger partial charge >= 0.3 is 0 Å². The highest BCUT2D eigenvalue weighted by Gasteiger charge is 2.25. The second-order valence-electron chi connectivity index (χ2n) is 5.34. The van der Waals surface area contributed by atoms with Crippen LogP contribution >= 0.6 is 15.9 Å². The monoisotopic (exact) mass is 319 g/mol. The van der Waals surface area contributed by atoms with Crippen LogP contribution in [0.3, 0.4) is 0 Å². The fourth-order valence-electron chi connectivity index (χ4n) is 2.59. The molecular weight excluding hydrogens is 302 g/mol. The minimum Gasteiger partial charge on any atom is -0.344 e. The van der Waals surface area contributed by atoms with E-state index in [2.05, 4.69) is 53.0 Å². The number of hydrogen-bond donors (Lipinski definition) is 2. The summed E-state index contributed by atoms with van der Waals surface area (Å²) >= 11 is 3.51. The van der Waals surface area contributed by atoms with Crippen LogP contribution in [0.25, 0.3) is 11.3 Å². The first kappa shape index (κ1) is 12.9. The Morgan fingerprint density at radius 1 is 1.47 bits per heavy atom. The fraction of sp³-hybridized carbons (Fsp3) is 0.400. The van der Waals surface area contributed by atoms with Crippen molar-refractivity contribution in [1.29, 1.82) is 0 Å². The van der Waals surface area contributed by atoms with Gasteiger partial charge in [0.15, 0.2) is 0 Å². The summed E-state index contributed by atoms with van der Waals surface area (Å²) in [6, 6.07) is 6.36. The standard InChI is InChI=1S/C15H18BrN3/c1-3-8(2)13(17)15-18-12-7-9-6-10(16)4-5-11(9)14(12)19-15/h4-6,8,13H,3,7,17H2,1-2H3,(H,18,19). The quantitative estimate of drug-likeness (QED) is 0.771. The minimum absolute atomic E-state index is 0.00509. The topological polar surface area (TPSA) is 54.7 Å². The highest BCUT2D eigenvalue weighted by Crippen LogP contribution is 2.37. The second kappa shape index (κ2) is 4.76. The van der Waals surface area contributed by atoms with Gasteiger partial charge in [0.05, 0.1) is 11.7 Å². The molecule has 1 aromatic heterocycles. The molecule has 1 aromatic carbocycles. The lowest BCUT2D eigenvalue weighted by atomic mass is 10.00. The Labute approximate surface area is 121 Å². The van der Waals surface area contributed by atoms with Crippen LogP contribution in [0, 0.1) is 5.92 Å². The Kier molecular flexibility index (Phi) is 3.23. The van der Waals surface area contributed by atoms with E-state index in [1.165, 1.54) is 16.8 Å². The highest BCUT2D eigenvalue weighted by atomic mass is 79.9. The van der Waals surface area contributed by atoms with Gasteiger partial charge < -0.3 is 10.7 Å². The van der Waals surface area contributed by atoms with Crippen molar-refractivity contribution in [2.75, 3.05) is 0 Å². The number of H-pyrrole nitrogens is 1. The van der Waals surface area contributed by atoms with Gasteiger partial charge in [0.1, 0.15) is 5.82 Å². The maximum absolute atomic E-state index is 6.25. The third-order valence-corrected chi connectivity index (χ3v) is 4.55. The molecule has 19 heavy (non-hydrogen) atoms. The van der Waals surface area contributed by atoms with Crippen molar-refractivity contribution in [2.45, 2.75) is 32.7 Å². The van der Waals surface area contributed by atoms with Gasteiger partial charge in [0.2, 0.25) is 0 Å². The van der Waals surface area contributed by atoms with E-state index in [1.54, 1.807) is 0 Å². The van der Waals surface area contributed by atoms with Crippen molar-refractivity contribution in [3.05, 3.63) is 39.8 Å². The van der Waals surface area contributed by atoms with Gasteiger partial charge in [-0.05, 0) is 23.6 Å². The molecule has 3 N–H and O–H groups in total. The lowest BCUT2D eigenvalue weighted by Crippen LogP contribution is -2.20. The fourth-order valence-corrected chi connectivity index (χ4v) is 3.00. The van der Waals surface area contributed by atoms with E-state index in [-0.39, 0.29) is 6.04 Å². The molecular formula is C15H18BrN3. The van der Waals surface area contributed by atoms with Crippen molar-refractivity contribution < 1.29 is 0 Å². The molecule has 1 heterocycles. The van der Waals surface area contributed by atoms with E-state index in [0.29, 0.717) is 5.92 Å². The van der Waals surface area contributed by atoms with E-state index in [9.17, 15) is 0 Å². The first-order chi connectivity index (χ1) is 9.10. The van der Waals surface area contributed by atoms with Crippen LogP contribution in [-0.2, 0) is 6.42 Å². The smallest absolute Gasteiger partial charge is 0.124 e. The van der Waals surface area contributed by atoms with E-state index >= 15 is 0 Å². The first-order valence-corrected chi connectivity index (χ1v) is 7.52. The predicted octanol–water partition coefficient (Wildman–Crippen LogP) is 3.79. The number of benzene rings is 1. The number of nitrogens with one attached hydrogen (secondary N) is 1. The highest BCUT2D eigenvalue weighted by molar-refractivity contribution is 9.10. The maximum atomic E-state index is 6.25. The van der Waals surface area contributed by atoms with Gasteiger partial charge in [-0.3, -0.25) is 0 Å². The van der Waals surface area contributed by atoms with Gasteiger partial charge in [-0.15, -0.1) is 0 Å². The summed E-state index contributed by atoms with van der Waals surface area (Å²) in [5.74, 6) is 1.36. The molecule has 1 aliphatic carbocycles. The normalized spacial score (nSPS) is 16.0. The van der Waals surface area contributed by atoms with Gasteiger partial charge in [-0.25, -0.2) is 4.98 Å². The maximum Gasteiger partial charge on any atom is 0.124 e. The Morgan fingerprint density at radius 2 is 2.26 bits per heavy atom. The molecule has 2 unspecified atom stereocenters. The van der Waals surface area contributed by atoms with Crippen LogP contribution in [0.15, 0.2) is 22.7 Å². The van der Waals surface area contributed by atoms with Crippen molar-refractivity contribution >= 4 is 15.9 Å². The number of nitrogens with zero attached hydrogens (tertiary/aromatic N) is 1. The second-order valence-corrected chi connectivity index (χ2v) is 6.25. The number of fused-ring (bicyclic) bond motifs is 3. The average molecular weight is 320 g/mol. The number of halogens is 1. The molecule has 0 spiro atoms. The molecule has 2 aromatic rings. The zero-order chi connectivity index (χ0) is 13.6. The summed E-state index contributed by atoms with van der Waals surface area (Å²) in [6.45, 7) is 4.33. The molecule has 0 saturated heterocycles. The van der Waals surface area contributed by atoms with Crippen LogP contribution in [0.5, 0.6) is 0 Å². The molecule has 4 heteroatoms. The van der Waals surface area contributed by atoms with Gasteiger partial charge in [0.25, 0.3) is 0 Å². The summed E-state index contributed by atoms with van der Waals surface area (Å²) in [7, 11) is 0. The van der Waals surface area contributed by atoms with Gasteiger partial charge in [-0.1, -0.05) is 42.3 Å². The van der Waals surface area contributed by atoms with Crippen molar-refractivity contribution in [3.8, 4) is 11.3 Å². The Morgan fingerprint density at radius 3 is 3.00 bits per heavy atom. The molecule has 0 fully saturated rings. The van der Waals surface area contributed by atoms with Crippen LogP contribution in [0.4, 0.5) is 0 Å². The molecule has 0 amide bonds. The van der Waals surface area contributed by atoms with Crippen molar-refractivity contribution in [1.82, 2.24) is 9.97 Å². The van der Waals surface area contributed by atoms with Crippen LogP contribution in [-0.4, -0.2) is 9.97 Å². The number of nitrogens with two attached hydrogens (primary N) is 1. The number of aromatic nitrogens is 2. The molecule has 0 saturated carbocycles. The van der Waals surface area contributed by atoms with Crippen molar-refractivity contribution in [2.24, 2.45) is 11.7 Å². The van der Waals surface area contributed by atoms with E-state index in [0.717, 1.165) is 28.8 Å². The molecule has 0 radical (unpaired) electrons. The molecule has 0 bridgehead atoms. The van der Waals surface area contributed by atoms with E-state index in [4.69, 9.17) is 10.7 Å². The summed E-state index contributed by atoms with van der Waals surface area (Å²) in [6.07, 6.45) is 1.99. The zero-order valence-electron chi connectivity index (χ0n) is 11.2. The van der Waals surface area contributed by atoms with E-state index in [1.807, 2.05) is 0 Å². The van der Waals surface area contributed by atoms with E-state index < -0.39 is 0 Å². The van der Waals surface area contributed by atoms with Crippen molar-refractivity contribution in [3.63, 3.8) is 0 Å². The molecule has 3 nitrogen and oxygen atoms in total. The Balaban J connectivity index is 1.97. The van der Waals surface area contributed by atoms with Gasteiger partial charge in [-0.2, -0.15) is 0 Å². The average Bonchev–Trinajstić information content (AvgIpc) is 2.93. The largest absolute Gasteiger partial charge is 0.344 e. The number of imidazole rings is 1. The molecule has 1 aliphatic rings. The number of hydrogen-bond acceptors (Lipinski definition) is 2. The SMILES string of the molecule is CCC(C)C(N)c1nc2c([nH]1)Cc1cc(Br)ccc1-2. The summed E-state index contributed by atoms with van der Waals surface area (Å²) in [5, 5.41) is 0. The summed E-state index contributed by atoms with van der Waals surface area (Å²) in [5.41, 5.74) is 11.1.